The van der Waals surface area contributed by atoms with Gasteiger partial charge in [-0.05, 0) is 38.1 Å². The maximum atomic E-state index is 12.7. The van der Waals surface area contributed by atoms with Gasteiger partial charge in [0.05, 0.1) is 18.4 Å². The lowest BCUT2D eigenvalue weighted by molar-refractivity contribution is 0.0275. The first-order chi connectivity index (χ1) is 11.4. The van der Waals surface area contributed by atoms with Crippen LogP contribution in [0.2, 0.25) is 8.67 Å². The van der Waals surface area contributed by atoms with E-state index in [4.69, 9.17) is 23.2 Å². The van der Waals surface area contributed by atoms with E-state index in [2.05, 4.69) is 0 Å². The van der Waals surface area contributed by atoms with E-state index >= 15 is 0 Å². The smallest absolute Gasteiger partial charge is 0.264 e. The van der Waals surface area contributed by atoms with Crippen molar-refractivity contribution in [1.29, 1.82) is 0 Å². The van der Waals surface area contributed by atoms with Crippen LogP contribution in [0.1, 0.15) is 33.2 Å². The molecule has 0 radical (unpaired) electrons. The summed E-state index contributed by atoms with van der Waals surface area (Å²) in [5, 5.41) is 0. The third-order valence-corrected chi connectivity index (χ3v) is 6.51. The van der Waals surface area contributed by atoms with Crippen LogP contribution < -0.4 is 0 Å². The third-order valence-electron chi connectivity index (χ3n) is 4.08. The summed E-state index contributed by atoms with van der Waals surface area (Å²) < 4.78 is 1.20. The summed E-state index contributed by atoms with van der Waals surface area (Å²) in [6, 6.07) is 6.83. The lowest BCUT2D eigenvalue weighted by atomic mass is 10.1. The van der Waals surface area contributed by atoms with Crippen LogP contribution in [0.25, 0.3) is 0 Å². The standard InChI is InChI=1S/C16H16Cl2N2O2S2/c1-9-7-20(16(22)12-4-6-14(18)24-12)10(2)8-19(9)15(21)11-3-5-13(17)23-11/h3-6,9-10H,7-8H2,1-2H3/t9-,10-/m1/s1. The van der Waals surface area contributed by atoms with E-state index < -0.39 is 0 Å². The summed E-state index contributed by atoms with van der Waals surface area (Å²) in [5.74, 6) is -0.0602. The van der Waals surface area contributed by atoms with Gasteiger partial charge in [-0.25, -0.2) is 0 Å². The Bertz CT molecular complexity index is 709. The molecular formula is C16H16Cl2N2O2S2. The molecule has 0 bridgehead atoms. The van der Waals surface area contributed by atoms with E-state index in [0.29, 0.717) is 31.5 Å². The lowest BCUT2D eigenvalue weighted by Gasteiger charge is -2.43. The minimum absolute atomic E-state index is 0.0301. The maximum Gasteiger partial charge on any atom is 0.264 e. The zero-order valence-electron chi connectivity index (χ0n) is 13.2. The van der Waals surface area contributed by atoms with Gasteiger partial charge in [0.2, 0.25) is 0 Å². The third kappa shape index (κ3) is 3.47. The van der Waals surface area contributed by atoms with Crippen molar-refractivity contribution in [2.45, 2.75) is 25.9 Å². The average Bonchev–Trinajstić information content (AvgIpc) is 3.16. The molecule has 0 saturated carbocycles. The Morgan fingerprint density at radius 2 is 1.25 bits per heavy atom. The van der Waals surface area contributed by atoms with Gasteiger partial charge < -0.3 is 9.80 Å². The van der Waals surface area contributed by atoms with E-state index in [9.17, 15) is 9.59 Å². The van der Waals surface area contributed by atoms with Crippen LogP contribution >= 0.6 is 45.9 Å². The van der Waals surface area contributed by atoms with Gasteiger partial charge in [-0.15, -0.1) is 22.7 Å². The number of hydrogen-bond donors (Lipinski definition) is 0. The van der Waals surface area contributed by atoms with Gasteiger partial charge in [-0.3, -0.25) is 9.59 Å². The summed E-state index contributed by atoms with van der Waals surface area (Å²) in [6.07, 6.45) is 0. The molecule has 3 rings (SSSR count). The Morgan fingerprint density at radius 3 is 1.54 bits per heavy atom. The zero-order chi connectivity index (χ0) is 17.4. The Balaban J connectivity index is 1.74. The van der Waals surface area contributed by atoms with Gasteiger partial charge in [-0.2, -0.15) is 0 Å². The number of amides is 2. The molecule has 1 fully saturated rings. The fourth-order valence-electron chi connectivity index (χ4n) is 2.83. The number of nitrogens with zero attached hydrogens (tertiary/aromatic N) is 2. The largest absolute Gasteiger partial charge is 0.331 e. The van der Waals surface area contributed by atoms with Crippen molar-refractivity contribution >= 4 is 57.7 Å². The molecule has 2 aromatic heterocycles. The van der Waals surface area contributed by atoms with Crippen molar-refractivity contribution in [2.75, 3.05) is 13.1 Å². The van der Waals surface area contributed by atoms with Gasteiger partial charge in [0, 0.05) is 25.2 Å². The van der Waals surface area contributed by atoms with Crippen molar-refractivity contribution in [3.8, 4) is 0 Å². The fraction of sp³-hybridized carbons (Fsp3) is 0.375. The molecule has 24 heavy (non-hydrogen) atoms. The molecule has 0 spiro atoms. The van der Waals surface area contributed by atoms with Gasteiger partial charge in [-0.1, -0.05) is 23.2 Å². The Hall–Kier alpha value is -1.08. The first kappa shape index (κ1) is 17.7. The molecule has 0 aliphatic carbocycles. The Morgan fingerprint density at radius 1 is 0.875 bits per heavy atom. The minimum atomic E-state index is -0.0611. The highest BCUT2D eigenvalue weighted by molar-refractivity contribution is 7.18. The van der Waals surface area contributed by atoms with Crippen LogP contribution in [0.3, 0.4) is 0 Å². The van der Waals surface area contributed by atoms with Crippen molar-refractivity contribution < 1.29 is 9.59 Å². The number of thiophene rings is 2. The van der Waals surface area contributed by atoms with Crippen molar-refractivity contribution in [1.82, 2.24) is 9.80 Å². The van der Waals surface area contributed by atoms with E-state index in [1.807, 2.05) is 23.6 Å². The molecule has 1 aliphatic heterocycles. The molecule has 3 heterocycles. The Labute approximate surface area is 158 Å². The van der Waals surface area contributed by atoms with Crippen LogP contribution in [0.4, 0.5) is 0 Å². The molecule has 4 nitrogen and oxygen atoms in total. The van der Waals surface area contributed by atoms with Crippen LogP contribution in [0.5, 0.6) is 0 Å². The molecule has 2 atom stereocenters. The number of rotatable bonds is 2. The first-order valence-electron chi connectivity index (χ1n) is 7.49. The predicted octanol–water partition coefficient (Wildman–Crippen LogP) is 4.49. The van der Waals surface area contributed by atoms with Gasteiger partial charge in [0.15, 0.2) is 0 Å². The number of piperazine rings is 1. The summed E-state index contributed by atoms with van der Waals surface area (Å²) in [7, 11) is 0. The second-order valence-corrected chi connectivity index (χ2v) is 9.25. The summed E-state index contributed by atoms with van der Waals surface area (Å²) >= 11 is 14.4. The highest BCUT2D eigenvalue weighted by Crippen LogP contribution is 2.28. The van der Waals surface area contributed by atoms with E-state index in [0.717, 1.165) is 0 Å². The minimum Gasteiger partial charge on any atom is -0.331 e. The monoisotopic (exact) mass is 402 g/mol. The second-order valence-electron chi connectivity index (χ2n) is 5.82. The van der Waals surface area contributed by atoms with Gasteiger partial charge in [0.1, 0.15) is 0 Å². The highest BCUT2D eigenvalue weighted by Gasteiger charge is 2.35. The van der Waals surface area contributed by atoms with Crippen LogP contribution in [0, 0.1) is 0 Å². The lowest BCUT2D eigenvalue weighted by Crippen LogP contribution is -2.59. The number of carbonyl (C=O) groups excluding carboxylic acids is 2. The number of halogens is 2. The van der Waals surface area contributed by atoms with Crippen LogP contribution in [-0.2, 0) is 0 Å². The summed E-state index contributed by atoms with van der Waals surface area (Å²) in [6.45, 7) is 4.92. The Kier molecular flexibility index (Phi) is 5.20. The molecule has 2 amide bonds. The summed E-state index contributed by atoms with van der Waals surface area (Å²) in [4.78, 5) is 30.2. The van der Waals surface area contributed by atoms with Crippen LogP contribution in [-0.4, -0.2) is 46.8 Å². The number of hydrogen-bond acceptors (Lipinski definition) is 4. The van der Waals surface area contributed by atoms with Crippen LogP contribution in [0.15, 0.2) is 24.3 Å². The van der Waals surface area contributed by atoms with Crippen molar-refractivity contribution in [3.05, 3.63) is 42.7 Å². The quantitative estimate of drug-likeness (QED) is 0.741. The molecule has 8 heteroatoms. The van der Waals surface area contributed by atoms with Gasteiger partial charge in [0.25, 0.3) is 11.8 Å². The van der Waals surface area contributed by atoms with E-state index in [1.165, 1.54) is 22.7 Å². The molecule has 2 aromatic rings. The first-order valence-corrected chi connectivity index (χ1v) is 9.88. The molecule has 0 aromatic carbocycles. The second kappa shape index (κ2) is 7.04. The zero-order valence-corrected chi connectivity index (χ0v) is 16.3. The molecule has 0 N–H and O–H groups in total. The molecule has 0 unspecified atom stereocenters. The average molecular weight is 403 g/mol. The molecule has 1 saturated heterocycles. The molecule has 128 valence electrons. The maximum absolute atomic E-state index is 12.7. The van der Waals surface area contributed by atoms with E-state index in [1.54, 1.807) is 24.3 Å². The molecule has 1 aliphatic rings. The van der Waals surface area contributed by atoms with E-state index in [-0.39, 0.29) is 23.9 Å². The SMILES string of the molecule is C[C@@H]1CN(C(=O)c2ccc(Cl)s2)[C@H](C)CN1C(=O)c1ccc(Cl)s1. The van der Waals surface area contributed by atoms with Crippen molar-refractivity contribution in [3.63, 3.8) is 0 Å². The molecular weight excluding hydrogens is 387 g/mol. The van der Waals surface area contributed by atoms with Crippen molar-refractivity contribution in [2.24, 2.45) is 0 Å². The normalized spacial score (nSPS) is 21.2. The fourth-order valence-corrected chi connectivity index (χ4v) is 4.83. The number of carbonyl (C=O) groups is 2. The topological polar surface area (TPSA) is 40.6 Å². The van der Waals surface area contributed by atoms with Gasteiger partial charge >= 0.3 is 0 Å². The summed E-state index contributed by atoms with van der Waals surface area (Å²) in [5.41, 5.74) is 0. The highest BCUT2D eigenvalue weighted by atomic mass is 35.5. The predicted molar refractivity (Wildman–Crippen MR) is 99.7 cm³/mol.